The fraction of sp³-hybridized carbons (Fsp3) is 0. The first kappa shape index (κ1) is 10.5. The van der Waals surface area contributed by atoms with E-state index < -0.39 is 0 Å². The molecule has 0 aliphatic heterocycles. The van der Waals surface area contributed by atoms with Crippen LogP contribution in [0.4, 0.5) is 11.5 Å². The highest BCUT2D eigenvalue weighted by Crippen LogP contribution is 2.20. The monoisotopic (exact) mass is 238 g/mol. The van der Waals surface area contributed by atoms with E-state index in [0.717, 1.165) is 11.1 Å². The number of rotatable bonds is 2. The van der Waals surface area contributed by atoms with E-state index >= 15 is 0 Å². The fourth-order valence-electron chi connectivity index (χ4n) is 1.78. The number of aromatic amines is 1. The molecule has 0 aliphatic rings. The van der Waals surface area contributed by atoms with Crippen LogP contribution in [-0.2, 0) is 0 Å². The van der Waals surface area contributed by atoms with Gasteiger partial charge in [0, 0.05) is 23.5 Å². The van der Waals surface area contributed by atoms with Gasteiger partial charge in [0.05, 0.1) is 5.39 Å². The summed E-state index contributed by atoms with van der Waals surface area (Å²) in [5, 5.41) is 11.1. The molecule has 0 atom stereocenters. The molecule has 0 saturated carbocycles. The molecule has 0 fully saturated rings. The maximum atomic E-state index is 11.6. The Bertz CT molecular complexity index is 737. The smallest absolute Gasteiger partial charge is 0.272 e. The molecule has 5 nitrogen and oxygen atoms in total. The predicted molar refractivity (Wildman–Crippen MR) is 69.9 cm³/mol. The van der Waals surface area contributed by atoms with Crippen molar-refractivity contribution in [3.8, 4) is 0 Å². The van der Waals surface area contributed by atoms with E-state index in [0.29, 0.717) is 11.2 Å². The molecule has 0 saturated heterocycles. The van der Waals surface area contributed by atoms with Gasteiger partial charge in [-0.1, -0.05) is 18.2 Å². The van der Waals surface area contributed by atoms with Crippen LogP contribution in [0, 0.1) is 0 Å². The molecule has 5 heteroatoms. The number of pyridine rings is 1. The molecule has 3 aromatic rings. The maximum Gasteiger partial charge on any atom is 0.272 e. The third-order valence-electron chi connectivity index (χ3n) is 2.64. The normalized spacial score (nSPS) is 10.4. The van der Waals surface area contributed by atoms with Gasteiger partial charge in [-0.05, 0) is 18.2 Å². The van der Waals surface area contributed by atoms with Crippen LogP contribution in [0.5, 0.6) is 0 Å². The zero-order valence-corrected chi connectivity index (χ0v) is 9.42. The predicted octanol–water partition coefficient (Wildman–Crippen LogP) is 2.06. The Hall–Kier alpha value is -2.69. The van der Waals surface area contributed by atoms with Crippen LogP contribution in [0.1, 0.15) is 0 Å². The number of H-pyrrole nitrogens is 1. The summed E-state index contributed by atoms with van der Waals surface area (Å²) in [6, 6.07) is 11.0. The molecule has 3 rings (SSSR count). The van der Waals surface area contributed by atoms with Gasteiger partial charge < -0.3 is 5.32 Å². The Morgan fingerprint density at radius 3 is 2.50 bits per heavy atom. The van der Waals surface area contributed by atoms with Gasteiger partial charge in [-0.25, -0.2) is 5.10 Å². The van der Waals surface area contributed by atoms with Gasteiger partial charge in [0.1, 0.15) is 0 Å². The summed E-state index contributed by atoms with van der Waals surface area (Å²) in [4.78, 5) is 15.6. The van der Waals surface area contributed by atoms with Crippen molar-refractivity contribution in [3.05, 3.63) is 59.1 Å². The van der Waals surface area contributed by atoms with Crippen LogP contribution in [0.15, 0.2) is 53.6 Å². The Labute approximate surface area is 103 Å². The second kappa shape index (κ2) is 4.29. The molecular formula is C13H10N4O. The minimum absolute atomic E-state index is 0.189. The molecule has 2 heterocycles. The Morgan fingerprint density at radius 2 is 1.72 bits per heavy atom. The highest BCUT2D eigenvalue weighted by Gasteiger charge is 2.05. The quantitative estimate of drug-likeness (QED) is 0.717. The van der Waals surface area contributed by atoms with Crippen molar-refractivity contribution >= 4 is 22.3 Å². The standard InChI is InChI=1S/C13H10N4O/c18-13-11-4-2-1-3-10(11)12(16-17-13)15-9-5-7-14-8-6-9/h1-8H,(H,17,18)(H,14,15,16). The number of benzene rings is 1. The SMILES string of the molecule is O=c1[nH]nc(Nc2ccncc2)c2ccccc12. The van der Waals surface area contributed by atoms with E-state index in [1.165, 1.54) is 0 Å². The number of hydrogen-bond acceptors (Lipinski definition) is 4. The maximum absolute atomic E-state index is 11.6. The van der Waals surface area contributed by atoms with Gasteiger partial charge in [0.2, 0.25) is 0 Å². The topological polar surface area (TPSA) is 70.7 Å². The summed E-state index contributed by atoms with van der Waals surface area (Å²) in [7, 11) is 0. The first-order valence-electron chi connectivity index (χ1n) is 5.49. The van der Waals surface area contributed by atoms with Crippen LogP contribution < -0.4 is 10.9 Å². The molecule has 0 unspecified atom stereocenters. The highest BCUT2D eigenvalue weighted by atomic mass is 16.1. The first-order chi connectivity index (χ1) is 8.84. The van der Waals surface area contributed by atoms with Gasteiger partial charge in [0.25, 0.3) is 5.56 Å². The van der Waals surface area contributed by atoms with Crippen molar-refractivity contribution in [3.63, 3.8) is 0 Å². The Balaban J connectivity index is 2.13. The zero-order valence-electron chi connectivity index (χ0n) is 9.42. The molecule has 0 amide bonds. The lowest BCUT2D eigenvalue weighted by Crippen LogP contribution is -2.10. The minimum Gasteiger partial charge on any atom is -0.338 e. The number of fused-ring (bicyclic) bond motifs is 1. The van der Waals surface area contributed by atoms with Gasteiger partial charge >= 0.3 is 0 Å². The summed E-state index contributed by atoms with van der Waals surface area (Å²) in [5.41, 5.74) is 0.681. The summed E-state index contributed by atoms with van der Waals surface area (Å²) in [5.74, 6) is 0.622. The van der Waals surface area contributed by atoms with Crippen LogP contribution in [0.25, 0.3) is 10.8 Å². The lowest BCUT2D eigenvalue weighted by atomic mass is 10.2. The highest BCUT2D eigenvalue weighted by molar-refractivity contribution is 5.92. The van der Waals surface area contributed by atoms with Gasteiger partial charge in [0.15, 0.2) is 5.82 Å². The second-order valence-corrected chi connectivity index (χ2v) is 3.81. The van der Waals surface area contributed by atoms with E-state index in [-0.39, 0.29) is 5.56 Å². The van der Waals surface area contributed by atoms with E-state index in [1.807, 2.05) is 30.3 Å². The van der Waals surface area contributed by atoms with Crippen LogP contribution >= 0.6 is 0 Å². The lowest BCUT2D eigenvalue weighted by Gasteiger charge is -2.07. The summed E-state index contributed by atoms with van der Waals surface area (Å²) >= 11 is 0. The van der Waals surface area contributed by atoms with Crippen molar-refractivity contribution in [2.24, 2.45) is 0 Å². The van der Waals surface area contributed by atoms with E-state index in [9.17, 15) is 4.79 Å². The van der Waals surface area contributed by atoms with Gasteiger partial charge in [-0.3, -0.25) is 9.78 Å². The lowest BCUT2D eigenvalue weighted by molar-refractivity contribution is 1.02. The third-order valence-corrected chi connectivity index (χ3v) is 2.64. The van der Waals surface area contributed by atoms with Crippen LogP contribution in [0.3, 0.4) is 0 Å². The number of nitrogens with one attached hydrogen (secondary N) is 2. The molecule has 18 heavy (non-hydrogen) atoms. The Kier molecular flexibility index (Phi) is 2.49. The number of hydrogen-bond donors (Lipinski definition) is 2. The number of aromatic nitrogens is 3. The molecular weight excluding hydrogens is 228 g/mol. The second-order valence-electron chi connectivity index (χ2n) is 3.81. The molecule has 0 radical (unpaired) electrons. The summed E-state index contributed by atoms with van der Waals surface area (Å²) in [6.07, 6.45) is 3.38. The third kappa shape index (κ3) is 1.82. The van der Waals surface area contributed by atoms with Crippen molar-refractivity contribution in [1.29, 1.82) is 0 Å². The molecule has 2 aromatic heterocycles. The van der Waals surface area contributed by atoms with Gasteiger partial charge in [-0.2, -0.15) is 5.10 Å². The van der Waals surface area contributed by atoms with E-state index in [2.05, 4.69) is 20.5 Å². The largest absolute Gasteiger partial charge is 0.338 e. The molecule has 0 spiro atoms. The number of nitrogens with zero attached hydrogens (tertiary/aromatic N) is 2. The molecule has 0 bridgehead atoms. The summed E-state index contributed by atoms with van der Waals surface area (Å²) < 4.78 is 0. The summed E-state index contributed by atoms with van der Waals surface area (Å²) in [6.45, 7) is 0. The van der Waals surface area contributed by atoms with Crippen LogP contribution in [0.2, 0.25) is 0 Å². The average molecular weight is 238 g/mol. The van der Waals surface area contributed by atoms with Crippen LogP contribution in [-0.4, -0.2) is 15.2 Å². The Morgan fingerprint density at radius 1 is 1.00 bits per heavy atom. The first-order valence-corrected chi connectivity index (χ1v) is 5.49. The van der Waals surface area contributed by atoms with Crippen molar-refractivity contribution in [1.82, 2.24) is 15.2 Å². The fourth-order valence-corrected chi connectivity index (χ4v) is 1.78. The van der Waals surface area contributed by atoms with E-state index in [4.69, 9.17) is 0 Å². The minimum atomic E-state index is -0.189. The van der Waals surface area contributed by atoms with Crippen molar-refractivity contribution in [2.75, 3.05) is 5.32 Å². The molecule has 0 aliphatic carbocycles. The average Bonchev–Trinajstić information content (AvgIpc) is 2.44. The number of anilines is 2. The molecule has 88 valence electrons. The van der Waals surface area contributed by atoms with Gasteiger partial charge in [-0.15, -0.1) is 0 Å². The molecule has 2 N–H and O–H groups in total. The van der Waals surface area contributed by atoms with Crippen molar-refractivity contribution in [2.45, 2.75) is 0 Å². The zero-order chi connectivity index (χ0) is 12.4. The molecule has 1 aromatic carbocycles. The van der Waals surface area contributed by atoms with Crippen molar-refractivity contribution < 1.29 is 0 Å². The van der Waals surface area contributed by atoms with E-state index in [1.54, 1.807) is 18.5 Å².